The van der Waals surface area contributed by atoms with Crippen molar-refractivity contribution in [1.82, 2.24) is 10.6 Å². The molecule has 18 heavy (non-hydrogen) atoms. The highest BCUT2D eigenvalue weighted by molar-refractivity contribution is 9.11. The molecule has 1 rings (SSSR count). The molecule has 4 nitrogen and oxygen atoms in total. The van der Waals surface area contributed by atoms with Crippen molar-refractivity contribution in [2.24, 2.45) is 0 Å². The number of nitrogens with one attached hydrogen (secondary N) is 2. The number of carbonyl (C=O) groups excluding carboxylic acids is 2. The molecule has 0 atom stereocenters. The molecule has 0 saturated carbocycles. The van der Waals surface area contributed by atoms with Gasteiger partial charge in [-0.15, -0.1) is 11.3 Å². The van der Waals surface area contributed by atoms with E-state index in [1.165, 1.54) is 11.3 Å². The van der Waals surface area contributed by atoms with Gasteiger partial charge in [0.25, 0.3) is 5.91 Å². The quantitative estimate of drug-likeness (QED) is 0.841. The maximum atomic E-state index is 11.7. The van der Waals surface area contributed by atoms with Crippen molar-refractivity contribution in [3.63, 3.8) is 0 Å². The smallest absolute Gasteiger partial charge is 0.261 e. The number of thiophene rings is 1. The fraction of sp³-hybridized carbons (Fsp3) is 0.500. The van der Waals surface area contributed by atoms with Crippen molar-refractivity contribution in [2.45, 2.75) is 32.7 Å². The van der Waals surface area contributed by atoms with Crippen molar-refractivity contribution in [3.8, 4) is 0 Å². The summed E-state index contributed by atoms with van der Waals surface area (Å²) in [6, 6.07) is 3.72. The number of rotatable bonds is 6. The first kappa shape index (κ1) is 15.2. The monoisotopic (exact) mass is 332 g/mol. The molecule has 2 N–H and O–H groups in total. The summed E-state index contributed by atoms with van der Waals surface area (Å²) in [5.74, 6) is -0.363. The van der Waals surface area contributed by atoms with Crippen LogP contribution in [-0.2, 0) is 4.79 Å². The van der Waals surface area contributed by atoms with Gasteiger partial charge < -0.3 is 10.6 Å². The van der Waals surface area contributed by atoms with Gasteiger partial charge >= 0.3 is 0 Å². The Balaban J connectivity index is 2.36. The summed E-state index contributed by atoms with van der Waals surface area (Å²) in [4.78, 5) is 23.9. The molecule has 0 aliphatic rings. The minimum Gasteiger partial charge on any atom is -0.352 e. The lowest BCUT2D eigenvalue weighted by Gasteiger charge is -2.14. The average molecular weight is 333 g/mol. The maximum Gasteiger partial charge on any atom is 0.261 e. The molecule has 6 heteroatoms. The fourth-order valence-corrected chi connectivity index (χ4v) is 2.76. The topological polar surface area (TPSA) is 58.2 Å². The first-order valence-corrected chi connectivity index (χ1v) is 7.50. The molecule has 0 fully saturated rings. The molecular formula is C12H17BrN2O2S. The number of halogens is 1. The minimum atomic E-state index is -0.217. The molecule has 1 aromatic rings. The van der Waals surface area contributed by atoms with Crippen LogP contribution in [0.2, 0.25) is 0 Å². The van der Waals surface area contributed by atoms with Gasteiger partial charge in [0.2, 0.25) is 5.91 Å². The molecule has 2 amide bonds. The molecule has 0 aliphatic heterocycles. The van der Waals surface area contributed by atoms with Crippen LogP contribution in [0.25, 0.3) is 0 Å². The zero-order valence-corrected chi connectivity index (χ0v) is 12.9. The van der Waals surface area contributed by atoms with Gasteiger partial charge in [0.15, 0.2) is 0 Å². The van der Waals surface area contributed by atoms with Crippen LogP contribution in [0.5, 0.6) is 0 Å². The summed E-state index contributed by atoms with van der Waals surface area (Å²) in [6.45, 7) is 4.07. The highest BCUT2D eigenvalue weighted by Crippen LogP contribution is 2.21. The molecule has 0 spiro atoms. The Bertz CT molecular complexity index is 416. The number of amides is 2. The normalized spacial score (nSPS) is 10.4. The Morgan fingerprint density at radius 2 is 2.00 bits per heavy atom. The lowest BCUT2D eigenvalue weighted by Crippen LogP contribution is -2.41. The zero-order valence-electron chi connectivity index (χ0n) is 10.5. The second-order valence-electron chi connectivity index (χ2n) is 3.87. The van der Waals surface area contributed by atoms with Crippen molar-refractivity contribution >= 4 is 39.1 Å². The standard InChI is InChI=1S/C12H17BrN2O2S/c1-3-8(4-2)15-11(16)7-14-12(17)9-5-6-10(13)18-9/h5-6,8H,3-4,7H2,1-2H3,(H,14,17)(H,15,16). The van der Waals surface area contributed by atoms with Crippen LogP contribution in [0.4, 0.5) is 0 Å². The fourth-order valence-electron chi connectivity index (χ4n) is 1.46. The third-order valence-corrected chi connectivity index (χ3v) is 4.18. The van der Waals surface area contributed by atoms with E-state index in [1.807, 2.05) is 19.9 Å². The number of hydrogen-bond acceptors (Lipinski definition) is 3. The van der Waals surface area contributed by atoms with E-state index in [0.29, 0.717) is 4.88 Å². The van der Waals surface area contributed by atoms with Crippen LogP contribution in [0, 0.1) is 0 Å². The molecule has 1 heterocycles. The Morgan fingerprint density at radius 1 is 1.33 bits per heavy atom. The summed E-state index contributed by atoms with van der Waals surface area (Å²) in [7, 11) is 0. The highest BCUT2D eigenvalue weighted by Gasteiger charge is 2.12. The van der Waals surface area contributed by atoms with E-state index in [-0.39, 0.29) is 24.4 Å². The van der Waals surface area contributed by atoms with E-state index in [0.717, 1.165) is 16.6 Å². The van der Waals surface area contributed by atoms with Gasteiger partial charge in [-0.2, -0.15) is 0 Å². The SMILES string of the molecule is CCC(CC)NC(=O)CNC(=O)c1ccc(Br)s1. The second-order valence-corrected chi connectivity index (χ2v) is 6.33. The Morgan fingerprint density at radius 3 is 2.50 bits per heavy atom. The molecule has 1 aromatic heterocycles. The van der Waals surface area contributed by atoms with Crippen molar-refractivity contribution < 1.29 is 9.59 Å². The zero-order chi connectivity index (χ0) is 13.5. The number of hydrogen-bond donors (Lipinski definition) is 2. The number of carbonyl (C=O) groups is 2. The van der Waals surface area contributed by atoms with Gasteiger partial charge in [-0.25, -0.2) is 0 Å². The van der Waals surface area contributed by atoms with Gasteiger partial charge in [-0.1, -0.05) is 13.8 Å². The molecule has 0 aromatic carbocycles. The van der Waals surface area contributed by atoms with Gasteiger partial charge in [-0.3, -0.25) is 9.59 Å². The molecule has 0 bridgehead atoms. The van der Waals surface area contributed by atoms with E-state index in [1.54, 1.807) is 6.07 Å². The Labute approximate surface area is 119 Å². The summed E-state index contributed by atoms with van der Waals surface area (Å²) in [6.07, 6.45) is 1.79. The Kier molecular flexibility index (Phi) is 6.35. The van der Waals surface area contributed by atoms with Gasteiger partial charge in [0.05, 0.1) is 15.2 Å². The molecular weight excluding hydrogens is 316 g/mol. The minimum absolute atomic E-state index is 0.0187. The molecule has 0 unspecified atom stereocenters. The molecule has 0 radical (unpaired) electrons. The third kappa shape index (κ3) is 4.78. The van der Waals surface area contributed by atoms with Crippen LogP contribution in [0.1, 0.15) is 36.4 Å². The largest absolute Gasteiger partial charge is 0.352 e. The van der Waals surface area contributed by atoms with E-state index < -0.39 is 0 Å². The van der Waals surface area contributed by atoms with E-state index in [9.17, 15) is 9.59 Å². The van der Waals surface area contributed by atoms with Gasteiger partial charge in [0.1, 0.15) is 0 Å². The van der Waals surface area contributed by atoms with Crippen molar-refractivity contribution in [3.05, 3.63) is 20.8 Å². The van der Waals surface area contributed by atoms with Crippen molar-refractivity contribution in [1.29, 1.82) is 0 Å². The van der Waals surface area contributed by atoms with Crippen LogP contribution in [-0.4, -0.2) is 24.4 Å². The summed E-state index contributed by atoms with van der Waals surface area (Å²) in [5.41, 5.74) is 0. The summed E-state index contributed by atoms with van der Waals surface area (Å²) in [5, 5.41) is 5.47. The van der Waals surface area contributed by atoms with Gasteiger partial charge in [0, 0.05) is 6.04 Å². The molecule has 0 saturated heterocycles. The lowest BCUT2D eigenvalue weighted by molar-refractivity contribution is -0.120. The average Bonchev–Trinajstić information content (AvgIpc) is 2.79. The summed E-state index contributed by atoms with van der Waals surface area (Å²) < 4.78 is 0.897. The predicted octanol–water partition coefficient (Wildman–Crippen LogP) is 2.55. The highest BCUT2D eigenvalue weighted by atomic mass is 79.9. The maximum absolute atomic E-state index is 11.7. The van der Waals surface area contributed by atoms with Crippen LogP contribution >= 0.6 is 27.3 Å². The molecule has 100 valence electrons. The van der Waals surface area contributed by atoms with Crippen LogP contribution < -0.4 is 10.6 Å². The van der Waals surface area contributed by atoms with Crippen LogP contribution in [0.3, 0.4) is 0 Å². The third-order valence-electron chi connectivity index (χ3n) is 2.56. The lowest BCUT2D eigenvalue weighted by atomic mass is 10.2. The summed E-state index contributed by atoms with van der Waals surface area (Å²) >= 11 is 4.63. The van der Waals surface area contributed by atoms with Gasteiger partial charge in [-0.05, 0) is 40.9 Å². The molecule has 0 aliphatic carbocycles. The van der Waals surface area contributed by atoms with E-state index >= 15 is 0 Å². The second kappa shape index (κ2) is 7.53. The van der Waals surface area contributed by atoms with E-state index in [2.05, 4.69) is 26.6 Å². The first-order valence-electron chi connectivity index (χ1n) is 5.89. The predicted molar refractivity (Wildman–Crippen MR) is 76.9 cm³/mol. The van der Waals surface area contributed by atoms with Crippen LogP contribution in [0.15, 0.2) is 15.9 Å². The Hall–Kier alpha value is -0.880. The van der Waals surface area contributed by atoms with E-state index in [4.69, 9.17) is 0 Å². The van der Waals surface area contributed by atoms with Crippen molar-refractivity contribution in [2.75, 3.05) is 6.54 Å². The first-order chi connectivity index (χ1) is 8.56.